The molecule has 0 fully saturated rings. The lowest BCUT2D eigenvalue weighted by Gasteiger charge is -2.14. The molecule has 0 aliphatic carbocycles. The van der Waals surface area contributed by atoms with Gasteiger partial charge in [-0.05, 0) is 18.3 Å². The molecule has 0 heteroatoms. The highest BCUT2D eigenvalue weighted by Gasteiger charge is 2.09. The van der Waals surface area contributed by atoms with Gasteiger partial charge in [-0.1, -0.05) is 33.6 Å². The smallest absolute Gasteiger partial charge is 0.0654 e. The van der Waals surface area contributed by atoms with E-state index in [4.69, 9.17) is 0 Å². The Labute approximate surface area is 78.1 Å². The summed E-state index contributed by atoms with van der Waals surface area (Å²) < 4.78 is 0. The van der Waals surface area contributed by atoms with Gasteiger partial charge in [-0.15, -0.1) is 0 Å². The fourth-order valence-electron chi connectivity index (χ4n) is 1.76. The molecule has 0 aliphatic heterocycles. The maximum Gasteiger partial charge on any atom is 0.214 e. The summed E-state index contributed by atoms with van der Waals surface area (Å²) in [5.41, 5.74) is 0. The quantitative estimate of drug-likeness (QED) is 0.498. The van der Waals surface area contributed by atoms with Gasteiger partial charge in [-0.3, -0.25) is 0 Å². The zero-order chi connectivity index (χ0) is 9.40. The number of hydrogen-bond acceptors (Lipinski definition) is 0. The molecule has 0 radical (unpaired) electrons. The molecule has 0 nitrogen and oxygen atoms in total. The summed E-state index contributed by atoms with van der Waals surface area (Å²) in [6, 6.07) is 0. The highest BCUT2D eigenvalue weighted by molar-refractivity contribution is 4.63. The van der Waals surface area contributed by atoms with Crippen molar-refractivity contribution in [1.29, 1.82) is 0 Å². The van der Waals surface area contributed by atoms with Crippen molar-refractivity contribution in [3.05, 3.63) is 12.7 Å². The second kappa shape index (κ2) is 7.31. The Bertz CT molecular complexity index is 105. The van der Waals surface area contributed by atoms with Crippen LogP contribution in [-0.2, 0) is 0 Å². The molecular weight excluding hydrogens is 144 g/mol. The van der Waals surface area contributed by atoms with Crippen LogP contribution in [0.4, 0.5) is 0 Å². The van der Waals surface area contributed by atoms with E-state index < -0.39 is 0 Å². The van der Waals surface area contributed by atoms with Crippen LogP contribution in [0.15, 0.2) is 6.58 Å². The van der Waals surface area contributed by atoms with Gasteiger partial charge in [0.1, 0.15) is 6.58 Å². The fourth-order valence-corrected chi connectivity index (χ4v) is 1.76. The van der Waals surface area contributed by atoms with Gasteiger partial charge in [0.15, 0.2) is 6.42 Å². The summed E-state index contributed by atoms with van der Waals surface area (Å²) in [7, 11) is 0. The first-order chi connectivity index (χ1) is 5.70. The Morgan fingerprint density at radius 3 is 2.25 bits per heavy atom. The lowest BCUT2D eigenvalue weighted by atomic mass is 9.91. The van der Waals surface area contributed by atoms with E-state index in [2.05, 4.69) is 33.4 Å². The molecule has 0 amide bonds. The van der Waals surface area contributed by atoms with Crippen molar-refractivity contribution in [2.45, 2.75) is 52.9 Å². The normalized spacial score (nSPS) is 15.2. The minimum Gasteiger partial charge on any atom is -0.0654 e. The van der Waals surface area contributed by atoms with Gasteiger partial charge < -0.3 is 0 Å². The number of hydrogen-bond donors (Lipinski definition) is 0. The first-order valence-electron chi connectivity index (χ1n) is 5.20. The largest absolute Gasteiger partial charge is 0.214 e. The SMILES string of the molecule is C=[C+]CCC(C)CC(C)CCC. The van der Waals surface area contributed by atoms with Crippen LogP contribution in [0.5, 0.6) is 0 Å². The summed E-state index contributed by atoms with van der Waals surface area (Å²) >= 11 is 0. The van der Waals surface area contributed by atoms with Crippen molar-refractivity contribution >= 4 is 0 Å². The van der Waals surface area contributed by atoms with Crippen LogP contribution in [0.3, 0.4) is 0 Å². The Balaban J connectivity index is 3.39. The van der Waals surface area contributed by atoms with Crippen LogP contribution < -0.4 is 0 Å². The summed E-state index contributed by atoms with van der Waals surface area (Å²) in [6.45, 7) is 10.6. The summed E-state index contributed by atoms with van der Waals surface area (Å²) in [4.78, 5) is 0. The van der Waals surface area contributed by atoms with Gasteiger partial charge >= 0.3 is 0 Å². The van der Waals surface area contributed by atoms with Crippen molar-refractivity contribution in [3.8, 4) is 0 Å². The van der Waals surface area contributed by atoms with E-state index in [1.807, 2.05) is 0 Å². The maximum absolute atomic E-state index is 3.62. The molecule has 0 aromatic heterocycles. The van der Waals surface area contributed by atoms with E-state index in [1.54, 1.807) is 0 Å². The van der Waals surface area contributed by atoms with Crippen LogP contribution in [0.2, 0.25) is 0 Å². The molecule has 0 rings (SSSR count). The molecule has 0 spiro atoms. The van der Waals surface area contributed by atoms with Crippen LogP contribution >= 0.6 is 0 Å². The van der Waals surface area contributed by atoms with Gasteiger partial charge in [0.05, 0.1) is 0 Å². The third kappa shape index (κ3) is 6.37. The summed E-state index contributed by atoms with van der Waals surface area (Å²) in [5, 5.41) is 0. The standard InChI is InChI=1S/C12H23/c1-5-7-9-12(4)10-11(3)8-6-2/h11-12H,1,6-10H2,2-4H3/q+1. The highest BCUT2D eigenvalue weighted by Crippen LogP contribution is 2.19. The molecular formula is C12H23+. The molecule has 0 N–H and O–H groups in total. The lowest BCUT2D eigenvalue weighted by Crippen LogP contribution is -2.02. The molecule has 2 atom stereocenters. The third-order valence-corrected chi connectivity index (χ3v) is 2.40. The molecule has 0 bridgehead atoms. The van der Waals surface area contributed by atoms with Crippen LogP contribution in [0.25, 0.3) is 0 Å². The van der Waals surface area contributed by atoms with Gasteiger partial charge in [0, 0.05) is 6.42 Å². The van der Waals surface area contributed by atoms with Crippen molar-refractivity contribution in [2.75, 3.05) is 0 Å². The Hall–Kier alpha value is -0.350. The molecule has 12 heavy (non-hydrogen) atoms. The predicted octanol–water partition coefficient (Wildman–Crippen LogP) is 4.22. The second-order valence-electron chi connectivity index (χ2n) is 4.02. The van der Waals surface area contributed by atoms with Crippen molar-refractivity contribution in [3.63, 3.8) is 0 Å². The summed E-state index contributed by atoms with van der Waals surface area (Å²) in [6.07, 6.45) is 9.34. The van der Waals surface area contributed by atoms with Gasteiger partial charge in [0.25, 0.3) is 0 Å². The highest BCUT2D eigenvalue weighted by atomic mass is 14.1. The van der Waals surface area contributed by atoms with Crippen molar-refractivity contribution in [1.82, 2.24) is 0 Å². The fraction of sp³-hybridized carbons (Fsp3) is 0.833. The monoisotopic (exact) mass is 167 g/mol. The minimum absolute atomic E-state index is 0.848. The topological polar surface area (TPSA) is 0 Å². The zero-order valence-electron chi connectivity index (χ0n) is 8.90. The van der Waals surface area contributed by atoms with E-state index in [1.165, 1.54) is 25.7 Å². The van der Waals surface area contributed by atoms with Gasteiger partial charge in [-0.25, -0.2) is 0 Å². The molecule has 0 heterocycles. The van der Waals surface area contributed by atoms with Crippen LogP contribution in [0, 0.1) is 17.9 Å². The van der Waals surface area contributed by atoms with Crippen molar-refractivity contribution in [2.24, 2.45) is 11.8 Å². The zero-order valence-corrected chi connectivity index (χ0v) is 8.90. The molecule has 0 aromatic rings. The lowest BCUT2D eigenvalue weighted by molar-refractivity contribution is 0.376. The molecule has 0 aliphatic rings. The van der Waals surface area contributed by atoms with Crippen molar-refractivity contribution < 1.29 is 0 Å². The molecule has 0 aromatic carbocycles. The third-order valence-electron chi connectivity index (χ3n) is 2.40. The summed E-state index contributed by atoms with van der Waals surface area (Å²) in [5.74, 6) is 1.75. The van der Waals surface area contributed by atoms with E-state index in [9.17, 15) is 0 Å². The molecule has 70 valence electrons. The van der Waals surface area contributed by atoms with Gasteiger partial charge in [-0.2, -0.15) is 0 Å². The predicted molar refractivity (Wildman–Crippen MR) is 56.0 cm³/mol. The van der Waals surface area contributed by atoms with Gasteiger partial charge in [0.2, 0.25) is 6.08 Å². The van der Waals surface area contributed by atoms with E-state index in [0.717, 1.165) is 18.3 Å². The van der Waals surface area contributed by atoms with E-state index >= 15 is 0 Å². The molecule has 2 unspecified atom stereocenters. The maximum atomic E-state index is 3.62. The molecule has 0 saturated carbocycles. The minimum atomic E-state index is 0.848. The van der Waals surface area contributed by atoms with Crippen LogP contribution in [0.1, 0.15) is 52.9 Å². The molecule has 0 saturated heterocycles. The second-order valence-corrected chi connectivity index (χ2v) is 4.02. The first kappa shape index (κ1) is 11.6. The number of allylic oxidation sites excluding steroid dienone is 1. The number of rotatable bonds is 7. The first-order valence-corrected chi connectivity index (χ1v) is 5.20. The average Bonchev–Trinajstić information content (AvgIpc) is 2.01. The Morgan fingerprint density at radius 2 is 1.75 bits per heavy atom. The Morgan fingerprint density at radius 1 is 1.17 bits per heavy atom. The van der Waals surface area contributed by atoms with E-state index in [-0.39, 0.29) is 0 Å². The Kier molecular flexibility index (Phi) is 7.09. The van der Waals surface area contributed by atoms with Crippen LogP contribution in [-0.4, -0.2) is 0 Å². The van der Waals surface area contributed by atoms with E-state index in [0.29, 0.717) is 0 Å². The average molecular weight is 167 g/mol.